The summed E-state index contributed by atoms with van der Waals surface area (Å²) in [6.45, 7) is 3.49. The van der Waals surface area contributed by atoms with Gasteiger partial charge in [0, 0.05) is 29.4 Å². The van der Waals surface area contributed by atoms with Crippen molar-refractivity contribution in [2.24, 2.45) is 0 Å². The topological polar surface area (TPSA) is 55.2 Å². The molecule has 0 amide bonds. The molecule has 110 valence electrons. The van der Waals surface area contributed by atoms with Crippen molar-refractivity contribution in [3.05, 3.63) is 68.8 Å². The van der Waals surface area contributed by atoms with Crippen molar-refractivity contribution >= 4 is 11.4 Å². The Morgan fingerprint density at radius 3 is 2.52 bits per heavy atom. The van der Waals surface area contributed by atoms with Crippen LogP contribution in [0.15, 0.2) is 30.3 Å². The smallest absolute Gasteiger partial charge is 0.274 e. The van der Waals surface area contributed by atoms with Crippen molar-refractivity contribution in [3.63, 3.8) is 0 Å². The van der Waals surface area contributed by atoms with E-state index in [1.54, 1.807) is 19.9 Å². The molecule has 0 radical (unpaired) electrons. The van der Waals surface area contributed by atoms with E-state index in [1.807, 2.05) is 0 Å². The van der Waals surface area contributed by atoms with Crippen LogP contribution in [0.5, 0.6) is 0 Å². The molecule has 0 aliphatic carbocycles. The number of hydrogen-bond acceptors (Lipinski definition) is 3. The average molecular weight is 292 g/mol. The highest BCUT2D eigenvalue weighted by Gasteiger charge is 2.14. The lowest BCUT2D eigenvalue weighted by Crippen LogP contribution is -2.05. The molecule has 0 aliphatic heterocycles. The first-order valence-corrected chi connectivity index (χ1v) is 6.32. The summed E-state index contributed by atoms with van der Waals surface area (Å²) in [6, 6.07) is 6.28. The molecule has 0 spiro atoms. The van der Waals surface area contributed by atoms with Gasteiger partial charge in [0.25, 0.3) is 5.69 Å². The first-order chi connectivity index (χ1) is 9.88. The van der Waals surface area contributed by atoms with Crippen LogP contribution in [-0.4, -0.2) is 4.92 Å². The number of anilines is 1. The molecule has 2 aromatic rings. The molecular formula is C15H14F2N2O2. The largest absolute Gasteiger partial charge is 0.380 e. The lowest BCUT2D eigenvalue weighted by Gasteiger charge is -2.11. The van der Waals surface area contributed by atoms with Crippen molar-refractivity contribution in [3.8, 4) is 0 Å². The molecule has 0 unspecified atom stereocenters. The number of benzene rings is 2. The molecule has 0 fully saturated rings. The van der Waals surface area contributed by atoms with Gasteiger partial charge in [-0.1, -0.05) is 0 Å². The van der Waals surface area contributed by atoms with Crippen LogP contribution in [0.1, 0.15) is 16.7 Å². The Balaban J connectivity index is 2.25. The molecule has 0 saturated heterocycles. The molecule has 0 heterocycles. The fourth-order valence-corrected chi connectivity index (χ4v) is 2.10. The maximum absolute atomic E-state index is 13.5. The monoisotopic (exact) mass is 292 g/mol. The fourth-order valence-electron chi connectivity index (χ4n) is 2.10. The molecule has 6 heteroatoms. The van der Waals surface area contributed by atoms with Gasteiger partial charge in [0.05, 0.1) is 4.92 Å². The van der Waals surface area contributed by atoms with Gasteiger partial charge in [-0.05, 0) is 43.7 Å². The number of nitrogens with one attached hydrogen (secondary N) is 1. The summed E-state index contributed by atoms with van der Waals surface area (Å²) in [5, 5.41) is 13.8. The Morgan fingerprint density at radius 1 is 1.14 bits per heavy atom. The van der Waals surface area contributed by atoms with Crippen LogP contribution in [0.3, 0.4) is 0 Å². The minimum absolute atomic E-state index is 0.0113. The van der Waals surface area contributed by atoms with Gasteiger partial charge in [-0.3, -0.25) is 10.1 Å². The Morgan fingerprint density at radius 2 is 1.86 bits per heavy atom. The van der Waals surface area contributed by atoms with E-state index >= 15 is 0 Å². The van der Waals surface area contributed by atoms with Gasteiger partial charge in [-0.25, -0.2) is 8.78 Å². The molecule has 0 bridgehead atoms. The van der Waals surface area contributed by atoms with E-state index in [0.717, 1.165) is 23.8 Å². The third-order valence-corrected chi connectivity index (χ3v) is 3.22. The summed E-state index contributed by atoms with van der Waals surface area (Å²) < 4.78 is 26.6. The van der Waals surface area contributed by atoms with E-state index in [1.165, 1.54) is 6.07 Å². The molecule has 2 rings (SSSR count). The summed E-state index contributed by atoms with van der Waals surface area (Å²) in [6.07, 6.45) is 0. The summed E-state index contributed by atoms with van der Waals surface area (Å²) >= 11 is 0. The SMILES string of the molecule is Cc1cc(C)c([N+](=O)[O-])cc1NCc1cc(F)ccc1F. The Labute approximate surface area is 120 Å². The van der Waals surface area contributed by atoms with Crippen molar-refractivity contribution in [2.45, 2.75) is 20.4 Å². The van der Waals surface area contributed by atoms with E-state index in [4.69, 9.17) is 0 Å². The highest BCUT2D eigenvalue weighted by molar-refractivity contribution is 5.60. The van der Waals surface area contributed by atoms with Crippen LogP contribution >= 0.6 is 0 Å². The van der Waals surface area contributed by atoms with Gasteiger partial charge in [0.15, 0.2) is 0 Å². The predicted molar refractivity (Wildman–Crippen MR) is 76.3 cm³/mol. The van der Waals surface area contributed by atoms with Gasteiger partial charge in [0.2, 0.25) is 0 Å². The van der Waals surface area contributed by atoms with Crippen molar-refractivity contribution < 1.29 is 13.7 Å². The maximum atomic E-state index is 13.5. The quantitative estimate of drug-likeness (QED) is 0.681. The Kier molecular flexibility index (Phi) is 4.16. The van der Waals surface area contributed by atoms with Crippen molar-refractivity contribution in [1.29, 1.82) is 0 Å². The molecule has 2 aromatic carbocycles. The summed E-state index contributed by atoms with van der Waals surface area (Å²) in [4.78, 5) is 10.5. The van der Waals surface area contributed by atoms with Crippen molar-refractivity contribution in [2.75, 3.05) is 5.32 Å². The van der Waals surface area contributed by atoms with Gasteiger partial charge in [-0.2, -0.15) is 0 Å². The van der Waals surface area contributed by atoms with E-state index in [9.17, 15) is 18.9 Å². The van der Waals surface area contributed by atoms with Crippen LogP contribution in [0, 0.1) is 35.6 Å². The first-order valence-electron chi connectivity index (χ1n) is 6.32. The normalized spacial score (nSPS) is 10.5. The number of rotatable bonds is 4. The number of nitro benzene ring substituents is 1. The summed E-state index contributed by atoms with van der Waals surface area (Å²) in [5.41, 5.74) is 2.03. The van der Waals surface area contributed by atoms with E-state index in [2.05, 4.69) is 5.32 Å². The number of halogens is 2. The number of aryl methyl sites for hydroxylation is 2. The zero-order valence-electron chi connectivity index (χ0n) is 11.6. The van der Waals surface area contributed by atoms with Gasteiger partial charge < -0.3 is 5.32 Å². The summed E-state index contributed by atoms with van der Waals surface area (Å²) in [5.74, 6) is -1.05. The highest BCUT2D eigenvalue weighted by Crippen LogP contribution is 2.26. The van der Waals surface area contributed by atoms with Gasteiger partial charge in [-0.15, -0.1) is 0 Å². The lowest BCUT2D eigenvalue weighted by atomic mass is 10.1. The maximum Gasteiger partial charge on any atom is 0.274 e. The number of nitrogens with zero attached hydrogens (tertiary/aromatic N) is 1. The molecule has 0 aliphatic rings. The second-order valence-electron chi connectivity index (χ2n) is 4.80. The van der Waals surface area contributed by atoms with Crippen molar-refractivity contribution in [1.82, 2.24) is 0 Å². The molecule has 0 aromatic heterocycles. The minimum Gasteiger partial charge on any atom is -0.380 e. The van der Waals surface area contributed by atoms with E-state index < -0.39 is 16.6 Å². The number of hydrogen-bond donors (Lipinski definition) is 1. The van der Waals surface area contributed by atoms with Crippen LogP contribution in [-0.2, 0) is 6.54 Å². The second kappa shape index (κ2) is 5.87. The first kappa shape index (κ1) is 14.9. The Hall–Kier alpha value is -2.50. The van der Waals surface area contributed by atoms with Crippen LogP contribution < -0.4 is 5.32 Å². The molecule has 0 saturated carbocycles. The van der Waals surface area contributed by atoms with E-state index in [0.29, 0.717) is 11.3 Å². The fraction of sp³-hybridized carbons (Fsp3) is 0.200. The standard InChI is InChI=1S/C15H14F2N2O2/c1-9-5-10(2)15(19(20)21)7-14(9)18-8-11-6-12(16)3-4-13(11)17/h3-7,18H,8H2,1-2H3. The second-order valence-corrected chi connectivity index (χ2v) is 4.80. The van der Waals surface area contributed by atoms with Gasteiger partial charge in [0.1, 0.15) is 11.6 Å². The van der Waals surface area contributed by atoms with Crippen LogP contribution in [0.4, 0.5) is 20.2 Å². The third-order valence-electron chi connectivity index (χ3n) is 3.22. The van der Waals surface area contributed by atoms with Gasteiger partial charge >= 0.3 is 0 Å². The zero-order valence-corrected chi connectivity index (χ0v) is 11.6. The highest BCUT2D eigenvalue weighted by atomic mass is 19.1. The number of nitro groups is 1. The molecular weight excluding hydrogens is 278 g/mol. The predicted octanol–water partition coefficient (Wildman–Crippen LogP) is 4.10. The van der Waals surface area contributed by atoms with Crippen LogP contribution in [0.25, 0.3) is 0 Å². The molecule has 1 N–H and O–H groups in total. The average Bonchev–Trinajstić information content (AvgIpc) is 2.41. The third kappa shape index (κ3) is 3.34. The molecule has 0 atom stereocenters. The van der Waals surface area contributed by atoms with Crippen LogP contribution in [0.2, 0.25) is 0 Å². The lowest BCUT2D eigenvalue weighted by molar-refractivity contribution is -0.385. The molecule has 21 heavy (non-hydrogen) atoms. The minimum atomic E-state index is -0.528. The zero-order chi connectivity index (χ0) is 15.6. The Bertz CT molecular complexity index is 702. The van der Waals surface area contributed by atoms with E-state index in [-0.39, 0.29) is 17.8 Å². The molecule has 4 nitrogen and oxygen atoms in total. The summed E-state index contributed by atoms with van der Waals surface area (Å²) in [7, 11) is 0.